The predicted molar refractivity (Wildman–Crippen MR) is 38.7 cm³/mol. The van der Waals surface area contributed by atoms with Crippen molar-refractivity contribution < 1.29 is 4.39 Å². The standard InChI is InChI=1S/C7H7ClFN/c1-4-3-6(9)7(8)10-5(4)2/h3H,1-2H3. The lowest BCUT2D eigenvalue weighted by atomic mass is 10.2. The summed E-state index contributed by atoms with van der Waals surface area (Å²) in [6.07, 6.45) is 0. The second kappa shape index (κ2) is 2.54. The molecule has 1 heterocycles. The van der Waals surface area contributed by atoms with Crippen molar-refractivity contribution in [2.45, 2.75) is 13.8 Å². The molecule has 0 aromatic carbocycles. The van der Waals surface area contributed by atoms with Crippen LogP contribution >= 0.6 is 11.6 Å². The molecule has 0 aliphatic carbocycles. The zero-order valence-electron chi connectivity index (χ0n) is 5.78. The molecule has 0 atom stereocenters. The van der Waals surface area contributed by atoms with Gasteiger partial charge in [-0.2, -0.15) is 0 Å². The number of nitrogens with zero attached hydrogens (tertiary/aromatic N) is 1. The van der Waals surface area contributed by atoms with Gasteiger partial charge in [-0.3, -0.25) is 0 Å². The average Bonchev–Trinajstić information content (AvgIpc) is 1.84. The van der Waals surface area contributed by atoms with Crippen molar-refractivity contribution in [1.29, 1.82) is 0 Å². The van der Waals surface area contributed by atoms with Gasteiger partial charge < -0.3 is 0 Å². The minimum absolute atomic E-state index is 0.0527. The highest BCUT2D eigenvalue weighted by Gasteiger charge is 2.02. The van der Waals surface area contributed by atoms with Crippen LogP contribution < -0.4 is 0 Å². The molecule has 0 N–H and O–H groups in total. The van der Waals surface area contributed by atoms with Crippen molar-refractivity contribution >= 4 is 11.6 Å². The Morgan fingerprint density at radius 2 is 2.10 bits per heavy atom. The highest BCUT2D eigenvalue weighted by atomic mass is 35.5. The first-order valence-corrected chi connectivity index (χ1v) is 3.28. The lowest BCUT2D eigenvalue weighted by Gasteiger charge is -1.98. The van der Waals surface area contributed by atoms with Crippen LogP contribution in [0.15, 0.2) is 6.07 Å². The van der Waals surface area contributed by atoms with E-state index in [0.29, 0.717) is 0 Å². The molecule has 1 rings (SSSR count). The maximum Gasteiger partial charge on any atom is 0.165 e. The SMILES string of the molecule is Cc1cc(F)c(Cl)nc1C. The maximum absolute atomic E-state index is 12.6. The van der Waals surface area contributed by atoms with Crippen molar-refractivity contribution in [3.05, 3.63) is 28.3 Å². The molecule has 3 heteroatoms. The number of rotatable bonds is 0. The van der Waals surface area contributed by atoms with Gasteiger partial charge in [0.05, 0.1) is 0 Å². The molecule has 0 aliphatic rings. The van der Waals surface area contributed by atoms with E-state index < -0.39 is 5.82 Å². The number of hydrogen-bond acceptors (Lipinski definition) is 1. The lowest BCUT2D eigenvalue weighted by molar-refractivity contribution is 0.619. The number of pyridine rings is 1. The highest BCUT2D eigenvalue weighted by molar-refractivity contribution is 6.29. The summed E-state index contributed by atoms with van der Waals surface area (Å²) in [5.41, 5.74) is 1.59. The first kappa shape index (κ1) is 7.48. The number of aromatic nitrogens is 1. The third-order valence-corrected chi connectivity index (χ3v) is 1.64. The van der Waals surface area contributed by atoms with Gasteiger partial charge in [0, 0.05) is 5.69 Å². The first-order chi connectivity index (χ1) is 4.61. The smallest absolute Gasteiger partial charge is 0.165 e. The Labute approximate surface area is 63.8 Å². The molecule has 0 radical (unpaired) electrons. The summed E-state index contributed by atoms with van der Waals surface area (Å²) >= 11 is 5.40. The molecule has 1 aromatic rings. The Kier molecular flexibility index (Phi) is 1.90. The number of halogens is 2. The van der Waals surface area contributed by atoms with E-state index >= 15 is 0 Å². The van der Waals surface area contributed by atoms with Crippen LogP contribution in [0.3, 0.4) is 0 Å². The number of aryl methyl sites for hydroxylation is 2. The molecule has 0 bridgehead atoms. The van der Waals surface area contributed by atoms with Crippen LogP contribution in [0.4, 0.5) is 4.39 Å². The molecule has 10 heavy (non-hydrogen) atoms. The Hall–Kier alpha value is -0.630. The Bertz CT molecular complexity index is 210. The third kappa shape index (κ3) is 1.27. The Morgan fingerprint density at radius 3 is 2.60 bits per heavy atom. The summed E-state index contributed by atoms with van der Waals surface area (Å²) in [6.45, 7) is 3.59. The van der Waals surface area contributed by atoms with E-state index in [2.05, 4.69) is 4.98 Å². The summed E-state index contributed by atoms with van der Waals surface area (Å²) in [5.74, 6) is -0.454. The number of hydrogen-bond donors (Lipinski definition) is 0. The summed E-state index contributed by atoms with van der Waals surface area (Å²) in [6, 6.07) is 1.38. The van der Waals surface area contributed by atoms with Crippen LogP contribution in [-0.4, -0.2) is 4.98 Å². The molecule has 1 nitrogen and oxygen atoms in total. The van der Waals surface area contributed by atoms with Crippen molar-refractivity contribution in [3.8, 4) is 0 Å². The molecule has 1 aromatic heterocycles. The first-order valence-electron chi connectivity index (χ1n) is 2.90. The quantitative estimate of drug-likeness (QED) is 0.530. The van der Waals surface area contributed by atoms with Gasteiger partial charge >= 0.3 is 0 Å². The molecular weight excluding hydrogens is 153 g/mol. The Balaban J connectivity index is 3.28. The maximum atomic E-state index is 12.6. The zero-order valence-corrected chi connectivity index (χ0v) is 6.54. The molecule has 54 valence electrons. The monoisotopic (exact) mass is 159 g/mol. The van der Waals surface area contributed by atoms with Gasteiger partial charge in [-0.05, 0) is 25.5 Å². The van der Waals surface area contributed by atoms with E-state index in [1.54, 1.807) is 13.8 Å². The minimum Gasteiger partial charge on any atom is -0.238 e. The van der Waals surface area contributed by atoms with Crippen molar-refractivity contribution in [1.82, 2.24) is 4.98 Å². The molecule has 0 unspecified atom stereocenters. The van der Waals surface area contributed by atoms with Crippen molar-refractivity contribution in [2.24, 2.45) is 0 Å². The average molecular weight is 160 g/mol. The molecule has 0 aliphatic heterocycles. The van der Waals surface area contributed by atoms with Gasteiger partial charge in [0.1, 0.15) is 0 Å². The van der Waals surface area contributed by atoms with Gasteiger partial charge in [-0.15, -0.1) is 0 Å². The molecule has 0 fully saturated rings. The van der Waals surface area contributed by atoms with E-state index in [0.717, 1.165) is 11.3 Å². The van der Waals surface area contributed by atoms with Crippen LogP contribution in [-0.2, 0) is 0 Å². The fourth-order valence-electron chi connectivity index (χ4n) is 0.643. The fourth-order valence-corrected chi connectivity index (χ4v) is 0.824. The van der Waals surface area contributed by atoms with Gasteiger partial charge in [0.15, 0.2) is 11.0 Å². The van der Waals surface area contributed by atoms with E-state index in [4.69, 9.17) is 11.6 Å². The van der Waals surface area contributed by atoms with Crippen LogP contribution in [0, 0.1) is 19.7 Å². The normalized spacial score (nSPS) is 10.0. The Morgan fingerprint density at radius 1 is 1.50 bits per heavy atom. The fraction of sp³-hybridized carbons (Fsp3) is 0.286. The van der Waals surface area contributed by atoms with Crippen molar-refractivity contribution in [2.75, 3.05) is 0 Å². The summed E-state index contributed by atoms with van der Waals surface area (Å²) in [4.78, 5) is 3.76. The second-order valence-corrected chi connectivity index (χ2v) is 2.52. The largest absolute Gasteiger partial charge is 0.238 e. The lowest BCUT2D eigenvalue weighted by Crippen LogP contribution is -1.90. The van der Waals surface area contributed by atoms with Crippen LogP contribution in [0.1, 0.15) is 11.3 Å². The molecule has 0 spiro atoms. The van der Waals surface area contributed by atoms with E-state index in [9.17, 15) is 4.39 Å². The second-order valence-electron chi connectivity index (χ2n) is 2.16. The summed E-state index contributed by atoms with van der Waals surface area (Å²) < 4.78 is 12.6. The summed E-state index contributed by atoms with van der Waals surface area (Å²) in [7, 11) is 0. The van der Waals surface area contributed by atoms with Gasteiger partial charge in [-0.25, -0.2) is 9.37 Å². The molecule has 0 amide bonds. The predicted octanol–water partition coefficient (Wildman–Crippen LogP) is 2.49. The minimum atomic E-state index is -0.454. The van der Waals surface area contributed by atoms with Gasteiger partial charge in [0.25, 0.3) is 0 Å². The van der Waals surface area contributed by atoms with Crippen molar-refractivity contribution in [3.63, 3.8) is 0 Å². The molecule has 0 saturated carbocycles. The van der Waals surface area contributed by atoms with E-state index in [-0.39, 0.29) is 5.15 Å². The highest BCUT2D eigenvalue weighted by Crippen LogP contribution is 2.14. The van der Waals surface area contributed by atoms with E-state index in [1.807, 2.05) is 0 Å². The van der Waals surface area contributed by atoms with Crippen LogP contribution in [0.5, 0.6) is 0 Å². The van der Waals surface area contributed by atoms with E-state index in [1.165, 1.54) is 6.07 Å². The molecule has 0 saturated heterocycles. The van der Waals surface area contributed by atoms with Crippen LogP contribution in [0.2, 0.25) is 5.15 Å². The van der Waals surface area contributed by atoms with Crippen LogP contribution in [0.25, 0.3) is 0 Å². The third-order valence-electron chi connectivity index (χ3n) is 1.38. The topological polar surface area (TPSA) is 12.9 Å². The zero-order chi connectivity index (χ0) is 7.72. The van der Waals surface area contributed by atoms with Gasteiger partial charge in [-0.1, -0.05) is 11.6 Å². The molecular formula is C7H7ClFN. The van der Waals surface area contributed by atoms with Gasteiger partial charge in [0.2, 0.25) is 0 Å². The summed E-state index contributed by atoms with van der Waals surface area (Å²) in [5, 5.41) is -0.0527.